The van der Waals surface area contributed by atoms with E-state index in [4.69, 9.17) is 5.26 Å². The van der Waals surface area contributed by atoms with E-state index in [1.807, 2.05) is 0 Å². The van der Waals surface area contributed by atoms with E-state index in [0.717, 1.165) is 13.2 Å². The lowest BCUT2D eigenvalue weighted by atomic mass is 10.1. The van der Waals surface area contributed by atoms with Crippen molar-refractivity contribution in [1.29, 1.82) is 5.26 Å². The zero-order chi connectivity index (χ0) is 14.6. The summed E-state index contributed by atoms with van der Waals surface area (Å²) in [6, 6.07) is 2.11. The zero-order valence-electron chi connectivity index (χ0n) is 9.59. The first-order valence-electron chi connectivity index (χ1n) is 4.84. The van der Waals surface area contributed by atoms with Crippen molar-refractivity contribution in [2.24, 2.45) is 0 Å². The largest absolute Gasteiger partial charge is 0.469 e. The molecule has 0 aliphatic heterocycles. The number of pyridine rings is 1. The maximum Gasteiger partial charge on any atom is 0.382 e. The molecule has 0 saturated carbocycles. The van der Waals surface area contributed by atoms with Crippen LogP contribution in [0.1, 0.15) is 23.2 Å². The van der Waals surface area contributed by atoms with Crippen molar-refractivity contribution in [3.05, 3.63) is 33.0 Å². The Morgan fingerprint density at radius 1 is 1.68 bits per heavy atom. The van der Waals surface area contributed by atoms with Crippen LogP contribution in [0, 0.1) is 21.4 Å². The van der Waals surface area contributed by atoms with Crippen LogP contribution >= 0.6 is 0 Å². The van der Waals surface area contributed by atoms with E-state index < -0.39 is 40.7 Å². The lowest BCUT2D eigenvalue weighted by molar-refractivity contribution is -0.390. The minimum absolute atomic E-state index is 0.257. The third-order valence-electron chi connectivity index (χ3n) is 2.16. The number of nitriles is 1. The van der Waals surface area contributed by atoms with E-state index in [-0.39, 0.29) is 5.69 Å². The molecule has 0 bridgehead atoms. The second-order valence-corrected chi connectivity index (χ2v) is 3.32. The first kappa shape index (κ1) is 14.4. The minimum Gasteiger partial charge on any atom is -0.469 e. The molecular formula is C10H7F2N3O4. The molecule has 1 heterocycles. The lowest BCUT2D eigenvalue weighted by Crippen LogP contribution is -2.10. The topological polar surface area (TPSA) is 106 Å². The molecule has 0 N–H and O–H groups in total. The van der Waals surface area contributed by atoms with Gasteiger partial charge in [0.15, 0.2) is 11.3 Å². The molecule has 0 fully saturated rings. The highest BCUT2D eigenvalue weighted by atomic mass is 19.3. The van der Waals surface area contributed by atoms with Crippen molar-refractivity contribution in [2.75, 3.05) is 7.11 Å². The summed E-state index contributed by atoms with van der Waals surface area (Å²) >= 11 is 0. The number of methoxy groups -OCH3 is 1. The third-order valence-corrected chi connectivity index (χ3v) is 2.16. The van der Waals surface area contributed by atoms with E-state index >= 15 is 0 Å². The fraction of sp³-hybridized carbons (Fsp3) is 0.300. The summed E-state index contributed by atoms with van der Waals surface area (Å²) in [7, 11) is 1.08. The van der Waals surface area contributed by atoms with Crippen LogP contribution in [-0.4, -0.2) is 23.0 Å². The monoisotopic (exact) mass is 271 g/mol. The Morgan fingerprint density at radius 2 is 2.32 bits per heavy atom. The Bertz CT molecular complexity index is 569. The van der Waals surface area contributed by atoms with Gasteiger partial charge in [-0.15, -0.1) is 0 Å². The number of rotatable bonds is 4. The van der Waals surface area contributed by atoms with E-state index in [0.29, 0.717) is 0 Å². The first-order valence-corrected chi connectivity index (χ1v) is 4.84. The Balaban J connectivity index is 3.42. The van der Waals surface area contributed by atoms with Crippen LogP contribution in [0.25, 0.3) is 0 Å². The number of halogens is 2. The molecule has 0 amide bonds. The summed E-state index contributed by atoms with van der Waals surface area (Å²) in [6.07, 6.45) is -3.59. The molecule has 0 atom stereocenters. The summed E-state index contributed by atoms with van der Waals surface area (Å²) in [6.45, 7) is 0. The quantitative estimate of drug-likeness (QED) is 0.466. The van der Waals surface area contributed by atoms with Gasteiger partial charge in [-0.2, -0.15) is 5.26 Å². The molecule has 0 aromatic carbocycles. The van der Waals surface area contributed by atoms with Crippen LogP contribution in [-0.2, 0) is 16.0 Å². The molecule has 0 unspecified atom stereocenters. The summed E-state index contributed by atoms with van der Waals surface area (Å²) < 4.78 is 29.8. The molecule has 100 valence electrons. The van der Waals surface area contributed by atoms with Crippen molar-refractivity contribution in [2.45, 2.75) is 12.8 Å². The minimum atomic E-state index is -3.09. The number of carbonyl (C=O) groups is 1. The van der Waals surface area contributed by atoms with Crippen molar-refractivity contribution >= 4 is 11.8 Å². The maximum atomic E-state index is 12.7. The molecule has 19 heavy (non-hydrogen) atoms. The number of carbonyl (C=O) groups excluding carboxylic acids is 1. The van der Waals surface area contributed by atoms with Crippen LogP contribution < -0.4 is 0 Å². The van der Waals surface area contributed by atoms with Crippen LogP contribution in [0.3, 0.4) is 0 Å². The van der Waals surface area contributed by atoms with Crippen molar-refractivity contribution < 1.29 is 23.2 Å². The van der Waals surface area contributed by atoms with Gasteiger partial charge in [0.2, 0.25) is 0 Å². The fourth-order valence-corrected chi connectivity index (χ4v) is 1.33. The van der Waals surface area contributed by atoms with E-state index in [9.17, 15) is 23.7 Å². The number of ether oxygens (including phenoxy) is 1. The molecule has 7 nitrogen and oxygen atoms in total. The van der Waals surface area contributed by atoms with Gasteiger partial charge in [0.05, 0.1) is 7.11 Å². The Kier molecular flexibility index (Phi) is 4.41. The summed E-state index contributed by atoms with van der Waals surface area (Å²) in [5.41, 5.74) is -1.90. The van der Waals surface area contributed by atoms with E-state index in [2.05, 4.69) is 9.72 Å². The predicted octanol–water partition coefficient (Wildman–Crippen LogP) is 1.51. The van der Waals surface area contributed by atoms with Gasteiger partial charge in [-0.25, -0.2) is 8.78 Å². The molecule has 0 spiro atoms. The molecule has 1 aromatic heterocycles. The number of alkyl halides is 2. The smallest absolute Gasteiger partial charge is 0.382 e. The number of aromatic nitrogens is 1. The molecule has 0 aliphatic carbocycles. The van der Waals surface area contributed by atoms with Gasteiger partial charge in [-0.1, -0.05) is 0 Å². The second kappa shape index (κ2) is 5.81. The van der Waals surface area contributed by atoms with Crippen molar-refractivity contribution in [3.63, 3.8) is 0 Å². The van der Waals surface area contributed by atoms with Crippen molar-refractivity contribution in [3.8, 4) is 6.07 Å². The van der Waals surface area contributed by atoms with Gasteiger partial charge < -0.3 is 14.9 Å². The number of hydrogen-bond donors (Lipinski definition) is 0. The SMILES string of the molecule is COC(=O)Cc1cc(C(F)F)c(C#N)c([N+](=O)[O-])n1. The molecule has 0 saturated heterocycles. The number of nitro groups is 1. The van der Waals surface area contributed by atoms with Gasteiger partial charge in [-0.05, 0) is 16.0 Å². The predicted molar refractivity (Wildman–Crippen MR) is 56.3 cm³/mol. The molecular weight excluding hydrogens is 264 g/mol. The van der Waals surface area contributed by atoms with Gasteiger partial charge >= 0.3 is 11.8 Å². The first-order chi connectivity index (χ1) is 8.90. The molecule has 9 heteroatoms. The molecule has 0 radical (unpaired) electrons. The molecule has 1 aromatic rings. The van der Waals surface area contributed by atoms with E-state index in [1.165, 1.54) is 6.07 Å². The Hall–Kier alpha value is -2.63. The van der Waals surface area contributed by atoms with Gasteiger partial charge in [-0.3, -0.25) is 4.79 Å². The maximum absolute atomic E-state index is 12.7. The van der Waals surface area contributed by atoms with E-state index in [1.54, 1.807) is 0 Å². The summed E-state index contributed by atoms with van der Waals surface area (Å²) in [5.74, 6) is -1.79. The summed E-state index contributed by atoms with van der Waals surface area (Å²) in [4.78, 5) is 24.1. The van der Waals surface area contributed by atoms with Gasteiger partial charge in [0.25, 0.3) is 6.43 Å². The van der Waals surface area contributed by atoms with Crippen LogP contribution in [0.4, 0.5) is 14.6 Å². The fourth-order valence-electron chi connectivity index (χ4n) is 1.33. The van der Waals surface area contributed by atoms with Crippen LogP contribution in [0.15, 0.2) is 6.07 Å². The average Bonchev–Trinajstić information content (AvgIpc) is 2.37. The third kappa shape index (κ3) is 3.19. The Morgan fingerprint density at radius 3 is 2.74 bits per heavy atom. The highest BCUT2D eigenvalue weighted by Gasteiger charge is 2.27. The van der Waals surface area contributed by atoms with Gasteiger partial charge in [0.1, 0.15) is 12.5 Å². The summed E-state index contributed by atoms with van der Waals surface area (Å²) in [5, 5.41) is 19.4. The standard InChI is InChI=1S/C10H7F2N3O4/c1-19-8(16)3-5-2-6(9(11)12)7(4-13)10(14-5)15(17)18/h2,9H,3H2,1H3. The average molecular weight is 271 g/mol. The number of esters is 1. The molecule has 0 aliphatic rings. The highest BCUT2D eigenvalue weighted by Crippen LogP contribution is 2.28. The van der Waals surface area contributed by atoms with Crippen LogP contribution in [0.2, 0.25) is 0 Å². The highest BCUT2D eigenvalue weighted by molar-refractivity contribution is 5.72. The number of nitrogens with zero attached hydrogens (tertiary/aromatic N) is 3. The number of hydrogen-bond acceptors (Lipinski definition) is 6. The Labute approximate surface area is 105 Å². The van der Waals surface area contributed by atoms with Crippen LogP contribution in [0.5, 0.6) is 0 Å². The van der Waals surface area contributed by atoms with Gasteiger partial charge in [0, 0.05) is 5.56 Å². The molecule has 1 rings (SSSR count). The zero-order valence-corrected chi connectivity index (χ0v) is 9.59. The van der Waals surface area contributed by atoms with Crippen molar-refractivity contribution in [1.82, 2.24) is 4.98 Å². The normalized spacial score (nSPS) is 10.1. The lowest BCUT2D eigenvalue weighted by Gasteiger charge is -2.04. The second-order valence-electron chi connectivity index (χ2n) is 3.32.